The largest absolute Gasteiger partial charge is 0.338 e. The molecule has 0 saturated carbocycles. The van der Waals surface area contributed by atoms with E-state index in [1.165, 1.54) is 36.2 Å². The Morgan fingerprint density at radius 3 is 2.19 bits per heavy atom. The first-order valence-corrected chi connectivity index (χ1v) is 9.48. The van der Waals surface area contributed by atoms with Gasteiger partial charge >= 0.3 is 0 Å². The van der Waals surface area contributed by atoms with Gasteiger partial charge in [0.15, 0.2) is 0 Å². The van der Waals surface area contributed by atoms with Crippen LogP contribution in [-0.2, 0) is 14.8 Å². The zero-order valence-electron chi connectivity index (χ0n) is 15.0. The molecule has 0 heterocycles. The van der Waals surface area contributed by atoms with Crippen LogP contribution in [0.5, 0.6) is 0 Å². The number of carbonyl (C=O) groups excluding carboxylic acids is 1. The Labute approximate surface area is 154 Å². The van der Waals surface area contributed by atoms with Crippen LogP contribution >= 0.6 is 0 Å². The van der Waals surface area contributed by atoms with Crippen molar-refractivity contribution in [1.29, 1.82) is 5.26 Å². The molecule has 0 N–H and O–H groups in total. The van der Waals surface area contributed by atoms with Crippen molar-refractivity contribution >= 4 is 15.9 Å². The number of sulfonamides is 1. The van der Waals surface area contributed by atoms with E-state index in [1.54, 1.807) is 7.05 Å². The predicted octanol–water partition coefficient (Wildman–Crippen LogP) is 2.40. The van der Waals surface area contributed by atoms with E-state index in [4.69, 9.17) is 5.26 Å². The van der Waals surface area contributed by atoms with Crippen LogP contribution in [0.3, 0.4) is 0 Å². The molecule has 0 bridgehead atoms. The Morgan fingerprint density at radius 2 is 1.65 bits per heavy atom. The molecule has 0 aliphatic carbocycles. The highest BCUT2D eigenvalue weighted by atomic mass is 32.2. The molecule has 2 aromatic carbocycles. The highest BCUT2D eigenvalue weighted by molar-refractivity contribution is 7.89. The average molecular weight is 371 g/mol. The summed E-state index contributed by atoms with van der Waals surface area (Å²) in [7, 11) is -0.784. The van der Waals surface area contributed by atoms with Crippen molar-refractivity contribution < 1.29 is 13.2 Å². The van der Waals surface area contributed by atoms with Crippen molar-refractivity contribution in [1.82, 2.24) is 9.21 Å². The highest BCUT2D eigenvalue weighted by Crippen LogP contribution is 2.20. The second-order valence-electron chi connectivity index (χ2n) is 5.99. The van der Waals surface area contributed by atoms with Crippen molar-refractivity contribution in [3.63, 3.8) is 0 Å². The van der Waals surface area contributed by atoms with Gasteiger partial charge in [-0.1, -0.05) is 30.3 Å². The third-order valence-corrected chi connectivity index (χ3v) is 6.12. The van der Waals surface area contributed by atoms with E-state index in [9.17, 15) is 13.2 Å². The van der Waals surface area contributed by atoms with E-state index in [0.29, 0.717) is 5.56 Å². The molecule has 26 heavy (non-hydrogen) atoms. The third kappa shape index (κ3) is 4.28. The molecule has 136 valence electrons. The van der Waals surface area contributed by atoms with Crippen LogP contribution in [0.1, 0.15) is 24.1 Å². The summed E-state index contributed by atoms with van der Waals surface area (Å²) in [6, 6.07) is 16.9. The third-order valence-electron chi connectivity index (χ3n) is 4.31. The van der Waals surface area contributed by atoms with Crippen LogP contribution < -0.4 is 0 Å². The monoisotopic (exact) mass is 371 g/mol. The van der Waals surface area contributed by atoms with E-state index in [0.717, 1.165) is 9.87 Å². The fourth-order valence-electron chi connectivity index (χ4n) is 2.44. The van der Waals surface area contributed by atoms with E-state index >= 15 is 0 Å². The van der Waals surface area contributed by atoms with Crippen molar-refractivity contribution in [2.24, 2.45) is 0 Å². The Bertz CT molecular complexity index is 903. The minimum absolute atomic E-state index is 0.0468. The smallest absolute Gasteiger partial charge is 0.243 e. The normalized spacial score (nSPS) is 12.4. The summed E-state index contributed by atoms with van der Waals surface area (Å²) < 4.78 is 26.2. The zero-order valence-corrected chi connectivity index (χ0v) is 15.8. The van der Waals surface area contributed by atoms with Gasteiger partial charge < -0.3 is 4.90 Å². The van der Waals surface area contributed by atoms with E-state index < -0.39 is 10.0 Å². The number of amides is 1. The molecule has 0 aliphatic rings. The Hall–Kier alpha value is -2.69. The Balaban J connectivity index is 2.10. The van der Waals surface area contributed by atoms with Gasteiger partial charge in [-0.25, -0.2) is 8.42 Å². The Kier molecular flexibility index (Phi) is 6.14. The van der Waals surface area contributed by atoms with E-state index in [2.05, 4.69) is 0 Å². The molecule has 1 atom stereocenters. The van der Waals surface area contributed by atoms with Gasteiger partial charge in [0.2, 0.25) is 15.9 Å². The summed E-state index contributed by atoms with van der Waals surface area (Å²) in [6.07, 6.45) is 0. The van der Waals surface area contributed by atoms with Crippen LogP contribution in [0.2, 0.25) is 0 Å². The van der Waals surface area contributed by atoms with Gasteiger partial charge in [0.05, 0.1) is 29.1 Å². The maximum atomic E-state index is 12.6. The van der Waals surface area contributed by atoms with Gasteiger partial charge in [-0.3, -0.25) is 4.79 Å². The molecule has 2 rings (SSSR count). The zero-order chi connectivity index (χ0) is 19.3. The van der Waals surface area contributed by atoms with Crippen molar-refractivity contribution in [3.8, 4) is 6.07 Å². The molecule has 0 radical (unpaired) electrons. The second kappa shape index (κ2) is 8.13. The van der Waals surface area contributed by atoms with Gasteiger partial charge in [-0.15, -0.1) is 0 Å². The van der Waals surface area contributed by atoms with Gasteiger partial charge in [-0.2, -0.15) is 9.57 Å². The summed E-state index contributed by atoms with van der Waals surface area (Å²) in [4.78, 5) is 14.1. The predicted molar refractivity (Wildman–Crippen MR) is 98.6 cm³/mol. The number of hydrogen-bond acceptors (Lipinski definition) is 4. The summed E-state index contributed by atoms with van der Waals surface area (Å²) in [5, 5.41) is 8.81. The number of hydrogen-bond donors (Lipinski definition) is 0. The fourth-order valence-corrected chi connectivity index (χ4v) is 3.56. The van der Waals surface area contributed by atoms with Crippen LogP contribution in [-0.4, -0.2) is 44.2 Å². The highest BCUT2D eigenvalue weighted by Gasteiger charge is 2.26. The van der Waals surface area contributed by atoms with Gasteiger partial charge in [0.25, 0.3) is 0 Å². The summed E-state index contributed by atoms with van der Waals surface area (Å²) in [5.74, 6) is -0.305. The lowest BCUT2D eigenvalue weighted by atomic mass is 10.1. The number of benzene rings is 2. The molecule has 0 spiro atoms. The molecule has 1 amide bonds. The first kappa shape index (κ1) is 19.6. The van der Waals surface area contributed by atoms with Crippen LogP contribution in [0, 0.1) is 11.3 Å². The topological polar surface area (TPSA) is 81.5 Å². The fraction of sp³-hybridized carbons (Fsp3) is 0.263. The second-order valence-corrected chi connectivity index (χ2v) is 8.03. The summed E-state index contributed by atoms with van der Waals surface area (Å²) in [5.41, 5.74) is 1.35. The van der Waals surface area contributed by atoms with Gasteiger partial charge in [0.1, 0.15) is 0 Å². The molecule has 0 fully saturated rings. The molecular weight excluding hydrogens is 350 g/mol. The molecular formula is C19H21N3O3S. The molecule has 1 unspecified atom stereocenters. The van der Waals surface area contributed by atoms with Crippen LogP contribution in [0.4, 0.5) is 0 Å². The lowest BCUT2D eigenvalue weighted by Gasteiger charge is -2.27. The maximum Gasteiger partial charge on any atom is 0.243 e. The first-order valence-electron chi connectivity index (χ1n) is 8.04. The molecule has 6 nitrogen and oxygen atoms in total. The van der Waals surface area contributed by atoms with Crippen molar-refractivity contribution in [2.45, 2.75) is 17.9 Å². The van der Waals surface area contributed by atoms with Crippen LogP contribution in [0.15, 0.2) is 59.5 Å². The molecule has 7 heteroatoms. The van der Waals surface area contributed by atoms with Crippen molar-refractivity contribution in [3.05, 3.63) is 65.7 Å². The average Bonchev–Trinajstić information content (AvgIpc) is 2.67. The maximum absolute atomic E-state index is 12.6. The van der Waals surface area contributed by atoms with Crippen molar-refractivity contribution in [2.75, 3.05) is 20.6 Å². The molecule has 2 aromatic rings. The SMILES string of the molecule is CC(c1ccccc1)N(C)C(=O)CN(C)S(=O)(=O)c1ccc(C#N)cc1. The van der Waals surface area contributed by atoms with Gasteiger partial charge in [-0.05, 0) is 36.8 Å². The Morgan fingerprint density at radius 1 is 1.08 bits per heavy atom. The first-order chi connectivity index (χ1) is 12.3. The number of nitriles is 1. The minimum Gasteiger partial charge on any atom is -0.338 e. The number of nitrogens with zero attached hydrogens (tertiary/aromatic N) is 3. The quantitative estimate of drug-likeness (QED) is 0.781. The lowest BCUT2D eigenvalue weighted by molar-refractivity contribution is -0.131. The van der Waals surface area contributed by atoms with Crippen LogP contribution in [0.25, 0.3) is 0 Å². The molecule has 0 aliphatic heterocycles. The number of rotatable bonds is 6. The number of likely N-dealkylation sites (N-methyl/N-ethyl adjacent to an activating group) is 2. The van der Waals surface area contributed by atoms with E-state index in [1.807, 2.05) is 43.3 Å². The summed E-state index contributed by atoms with van der Waals surface area (Å²) in [6.45, 7) is 1.62. The molecule has 0 saturated heterocycles. The molecule has 0 aromatic heterocycles. The summed E-state index contributed by atoms with van der Waals surface area (Å²) >= 11 is 0. The standard InChI is InChI=1S/C19H21N3O3S/c1-15(17-7-5-4-6-8-17)22(3)19(23)14-21(2)26(24,25)18-11-9-16(13-20)10-12-18/h4-12,15H,14H2,1-3H3. The lowest BCUT2D eigenvalue weighted by Crippen LogP contribution is -2.40. The number of carbonyl (C=O) groups is 1. The minimum atomic E-state index is -3.81. The van der Waals surface area contributed by atoms with E-state index in [-0.39, 0.29) is 23.4 Å². The van der Waals surface area contributed by atoms with Gasteiger partial charge in [0, 0.05) is 14.1 Å².